The van der Waals surface area contributed by atoms with Crippen LogP contribution < -0.4 is 10.2 Å². The Morgan fingerprint density at radius 2 is 1.82 bits per heavy atom. The maximum absolute atomic E-state index is 13.1. The monoisotopic (exact) mass is 409 g/mol. The first kappa shape index (κ1) is 21.1. The molecule has 2 aliphatic rings. The van der Waals surface area contributed by atoms with Crippen molar-refractivity contribution in [3.63, 3.8) is 0 Å². The lowest BCUT2D eigenvalue weighted by molar-refractivity contribution is 0.0936. The summed E-state index contributed by atoms with van der Waals surface area (Å²) in [6.45, 7) is 7.00. The number of carbonyl (C=O) groups is 1. The van der Waals surface area contributed by atoms with E-state index >= 15 is 0 Å². The number of amides is 1. The zero-order valence-corrected chi connectivity index (χ0v) is 17.6. The second-order valence-corrected chi connectivity index (χ2v) is 9.26. The molecular weight excluding hydrogens is 378 g/mol. The number of carbonyl (C=O) groups excluding carboxylic acids is 1. The molecule has 28 heavy (non-hydrogen) atoms. The van der Waals surface area contributed by atoms with Gasteiger partial charge in [-0.15, -0.1) is 0 Å². The number of nitrogens with zero attached hydrogens (tertiary/aromatic N) is 2. The van der Waals surface area contributed by atoms with Crippen LogP contribution in [0.15, 0.2) is 23.1 Å². The number of rotatable bonds is 7. The highest BCUT2D eigenvalue weighted by atomic mass is 32.2. The highest BCUT2D eigenvalue weighted by molar-refractivity contribution is 7.89. The smallest absolute Gasteiger partial charge is 0.253 e. The van der Waals surface area contributed by atoms with Gasteiger partial charge in [0.05, 0.1) is 23.7 Å². The van der Waals surface area contributed by atoms with Crippen LogP contribution >= 0.6 is 0 Å². The van der Waals surface area contributed by atoms with Gasteiger partial charge < -0.3 is 15.0 Å². The molecule has 8 heteroatoms. The van der Waals surface area contributed by atoms with Gasteiger partial charge in [-0.3, -0.25) is 4.79 Å². The number of anilines is 1. The van der Waals surface area contributed by atoms with Crippen LogP contribution in [0.4, 0.5) is 5.69 Å². The summed E-state index contributed by atoms with van der Waals surface area (Å²) in [5.41, 5.74) is 1.21. The van der Waals surface area contributed by atoms with Crippen molar-refractivity contribution < 1.29 is 17.9 Å². The van der Waals surface area contributed by atoms with E-state index in [0.717, 1.165) is 31.4 Å². The Labute approximate surface area is 168 Å². The Balaban J connectivity index is 1.97. The summed E-state index contributed by atoms with van der Waals surface area (Å²) in [5, 5.41) is 3.11. The van der Waals surface area contributed by atoms with E-state index in [2.05, 4.69) is 10.2 Å². The summed E-state index contributed by atoms with van der Waals surface area (Å²) in [5.74, 6) is -0.190. The predicted molar refractivity (Wildman–Crippen MR) is 109 cm³/mol. The fraction of sp³-hybridized carbons (Fsp3) is 0.650. The van der Waals surface area contributed by atoms with Gasteiger partial charge >= 0.3 is 0 Å². The molecule has 1 saturated carbocycles. The molecule has 0 atom stereocenters. The molecule has 0 radical (unpaired) electrons. The Morgan fingerprint density at radius 1 is 1.18 bits per heavy atom. The van der Waals surface area contributed by atoms with Gasteiger partial charge in [0, 0.05) is 37.9 Å². The number of nitrogens with one attached hydrogen (secondary N) is 1. The summed E-state index contributed by atoms with van der Waals surface area (Å²) in [4.78, 5) is 15.3. The topological polar surface area (TPSA) is 79.0 Å². The number of benzene rings is 1. The lowest BCUT2D eigenvalue weighted by Gasteiger charge is -2.31. The Bertz CT molecular complexity index is 781. The molecule has 1 N–H and O–H groups in total. The van der Waals surface area contributed by atoms with E-state index in [1.807, 2.05) is 13.8 Å². The molecule has 1 saturated heterocycles. The number of ether oxygens (including phenoxy) is 1. The minimum absolute atomic E-state index is 0.171. The molecule has 1 aliphatic carbocycles. The van der Waals surface area contributed by atoms with Gasteiger partial charge in [0.25, 0.3) is 5.91 Å². The van der Waals surface area contributed by atoms with E-state index in [0.29, 0.717) is 45.0 Å². The third-order valence-corrected chi connectivity index (χ3v) is 7.64. The minimum Gasteiger partial charge on any atom is -0.378 e. The van der Waals surface area contributed by atoms with Crippen molar-refractivity contribution in [1.29, 1.82) is 0 Å². The molecule has 156 valence electrons. The van der Waals surface area contributed by atoms with Gasteiger partial charge in [0.1, 0.15) is 0 Å². The van der Waals surface area contributed by atoms with Crippen molar-refractivity contribution in [2.45, 2.75) is 50.5 Å². The van der Waals surface area contributed by atoms with Gasteiger partial charge in [-0.2, -0.15) is 4.31 Å². The molecule has 3 rings (SSSR count). The Morgan fingerprint density at radius 3 is 2.43 bits per heavy atom. The molecule has 0 spiro atoms. The van der Waals surface area contributed by atoms with E-state index in [9.17, 15) is 13.2 Å². The predicted octanol–water partition coefficient (Wildman–Crippen LogP) is 2.23. The normalized spacial score (nSPS) is 18.6. The SMILES string of the molecule is CCN(CC)S(=O)(=O)c1ccc(N2CCOCC2)c(C(=O)NC2CCCC2)c1. The Hall–Kier alpha value is -1.64. The molecule has 7 nitrogen and oxygen atoms in total. The maximum atomic E-state index is 13.1. The van der Waals surface area contributed by atoms with E-state index < -0.39 is 10.0 Å². The molecule has 0 bridgehead atoms. The lowest BCUT2D eigenvalue weighted by Crippen LogP contribution is -2.39. The van der Waals surface area contributed by atoms with Crippen LogP contribution in [0.25, 0.3) is 0 Å². The maximum Gasteiger partial charge on any atom is 0.253 e. The summed E-state index contributed by atoms with van der Waals surface area (Å²) >= 11 is 0. The van der Waals surface area contributed by atoms with Crippen LogP contribution in [0, 0.1) is 0 Å². The van der Waals surface area contributed by atoms with E-state index in [-0.39, 0.29) is 16.8 Å². The largest absolute Gasteiger partial charge is 0.378 e. The molecule has 0 aromatic heterocycles. The van der Waals surface area contributed by atoms with E-state index in [1.165, 1.54) is 4.31 Å². The van der Waals surface area contributed by atoms with Crippen LogP contribution in [0.2, 0.25) is 0 Å². The van der Waals surface area contributed by atoms with Gasteiger partial charge in [0.2, 0.25) is 10.0 Å². The van der Waals surface area contributed by atoms with E-state index in [4.69, 9.17) is 4.74 Å². The summed E-state index contributed by atoms with van der Waals surface area (Å²) < 4.78 is 32.8. The highest BCUT2D eigenvalue weighted by Crippen LogP contribution is 2.28. The van der Waals surface area contributed by atoms with Crippen LogP contribution in [0.5, 0.6) is 0 Å². The van der Waals surface area contributed by atoms with Crippen LogP contribution in [-0.2, 0) is 14.8 Å². The first-order valence-electron chi connectivity index (χ1n) is 10.2. The Kier molecular flexibility index (Phi) is 6.95. The van der Waals surface area contributed by atoms with Crippen LogP contribution in [-0.4, -0.2) is 64.1 Å². The quantitative estimate of drug-likeness (QED) is 0.747. The van der Waals surface area contributed by atoms with Crippen molar-refractivity contribution >= 4 is 21.6 Å². The molecule has 1 aromatic rings. The van der Waals surface area contributed by atoms with Crippen LogP contribution in [0.1, 0.15) is 49.9 Å². The van der Waals surface area contributed by atoms with Gasteiger partial charge in [-0.05, 0) is 31.0 Å². The van der Waals surface area contributed by atoms with Crippen molar-refractivity contribution in [2.24, 2.45) is 0 Å². The van der Waals surface area contributed by atoms with Gasteiger partial charge in [-0.25, -0.2) is 8.42 Å². The van der Waals surface area contributed by atoms with Gasteiger partial charge in [0.15, 0.2) is 0 Å². The molecular formula is C20H31N3O4S. The zero-order valence-electron chi connectivity index (χ0n) is 16.8. The average Bonchev–Trinajstić information content (AvgIpc) is 3.22. The number of sulfonamides is 1. The van der Waals surface area contributed by atoms with Crippen LogP contribution in [0.3, 0.4) is 0 Å². The lowest BCUT2D eigenvalue weighted by atomic mass is 10.1. The molecule has 1 aliphatic heterocycles. The third kappa shape index (κ3) is 4.50. The van der Waals surface area contributed by atoms with E-state index in [1.54, 1.807) is 18.2 Å². The number of hydrogen-bond donors (Lipinski definition) is 1. The number of hydrogen-bond acceptors (Lipinski definition) is 5. The highest BCUT2D eigenvalue weighted by Gasteiger charge is 2.27. The molecule has 2 fully saturated rings. The summed E-state index contributed by atoms with van der Waals surface area (Å²) in [7, 11) is -3.62. The fourth-order valence-corrected chi connectivity index (χ4v) is 5.47. The summed E-state index contributed by atoms with van der Waals surface area (Å²) in [6.07, 6.45) is 4.21. The van der Waals surface area contributed by atoms with Crippen molar-refractivity contribution in [3.05, 3.63) is 23.8 Å². The average molecular weight is 410 g/mol. The summed E-state index contributed by atoms with van der Waals surface area (Å²) in [6, 6.07) is 5.10. The zero-order chi connectivity index (χ0) is 20.1. The molecule has 0 unspecified atom stereocenters. The van der Waals surface area contributed by atoms with Crippen molar-refractivity contribution in [3.8, 4) is 0 Å². The standard InChI is InChI=1S/C20H31N3O4S/c1-3-23(4-2)28(25,26)17-9-10-19(22-11-13-27-14-12-22)18(15-17)20(24)21-16-7-5-6-8-16/h9-10,15-16H,3-8,11-14H2,1-2H3,(H,21,24). The molecule has 1 heterocycles. The molecule has 1 aromatic carbocycles. The second-order valence-electron chi connectivity index (χ2n) is 7.32. The molecule has 1 amide bonds. The first-order chi connectivity index (χ1) is 13.5. The fourth-order valence-electron chi connectivity index (χ4n) is 3.98. The number of morpholine rings is 1. The second kappa shape index (κ2) is 9.24. The van der Waals surface area contributed by atoms with Gasteiger partial charge in [-0.1, -0.05) is 26.7 Å². The minimum atomic E-state index is -3.62. The first-order valence-corrected chi connectivity index (χ1v) is 11.7. The van der Waals surface area contributed by atoms with Crippen molar-refractivity contribution in [1.82, 2.24) is 9.62 Å². The van der Waals surface area contributed by atoms with Crippen molar-refractivity contribution in [2.75, 3.05) is 44.3 Å². The third-order valence-electron chi connectivity index (χ3n) is 5.60.